The van der Waals surface area contributed by atoms with E-state index in [0.717, 1.165) is 51.6 Å². The molecule has 3 heterocycles. The smallest absolute Gasteiger partial charge is 0.410 e. The number of hydrogen-bond acceptors (Lipinski definition) is 4. The van der Waals surface area contributed by atoms with Crippen LogP contribution in [0, 0.1) is 5.92 Å². The minimum absolute atomic E-state index is 0.0586. The first-order valence-electron chi connectivity index (χ1n) is 10.5. The fourth-order valence-electron chi connectivity index (χ4n) is 5.04. The van der Waals surface area contributed by atoms with E-state index in [1.54, 1.807) is 0 Å². The molecule has 5 unspecified atom stereocenters. The molecule has 3 saturated heterocycles. The number of benzene rings is 1. The van der Waals surface area contributed by atoms with Crippen LogP contribution < -0.4 is 0 Å². The Morgan fingerprint density at radius 3 is 2.78 bits per heavy atom. The summed E-state index contributed by atoms with van der Waals surface area (Å²) >= 11 is 0. The van der Waals surface area contributed by atoms with Crippen LogP contribution in [0.25, 0.3) is 0 Å². The van der Waals surface area contributed by atoms with E-state index in [1.807, 2.05) is 11.8 Å². The molecule has 0 aromatic heterocycles. The summed E-state index contributed by atoms with van der Waals surface area (Å²) in [5.74, 6) is 0.578. The van der Waals surface area contributed by atoms with Crippen molar-refractivity contribution in [1.82, 2.24) is 4.90 Å². The quantitative estimate of drug-likeness (QED) is 0.778. The highest BCUT2D eigenvalue weighted by Gasteiger charge is 2.50. The first kappa shape index (κ1) is 18.8. The van der Waals surface area contributed by atoms with E-state index in [1.165, 1.54) is 5.56 Å². The molecule has 1 amide bonds. The first-order valence-corrected chi connectivity index (χ1v) is 10.5. The number of carbonyl (C=O) groups excluding carboxylic acids is 1. The third-order valence-electron chi connectivity index (χ3n) is 6.17. The van der Waals surface area contributed by atoms with Crippen LogP contribution in [0.5, 0.6) is 0 Å². The van der Waals surface area contributed by atoms with Gasteiger partial charge in [-0.25, -0.2) is 4.79 Å². The monoisotopic (exact) mass is 373 g/mol. The summed E-state index contributed by atoms with van der Waals surface area (Å²) in [6.45, 7) is 3.06. The molecular formula is C22H31NO4. The highest BCUT2D eigenvalue weighted by Crippen LogP contribution is 2.42. The van der Waals surface area contributed by atoms with E-state index in [4.69, 9.17) is 14.2 Å². The second-order valence-electron chi connectivity index (χ2n) is 8.06. The Morgan fingerprint density at radius 1 is 1.19 bits per heavy atom. The van der Waals surface area contributed by atoms with Crippen LogP contribution in [0.1, 0.15) is 51.0 Å². The molecule has 4 rings (SSSR count). The van der Waals surface area contributed by atoms with Crippen molar-refractivity contribution in [2.24, 2.45) is 5.92 Å². The largest absolute Gasteiger partial charge is 0.450 e. The van der Waals surface area contributed by atoms with Crippen LogP contribution in [0.4, 0.5) is 4.79 Å². The standard InChI is InChI=1S/C22H31NO4/c1-2-25-22(24)23-18-13-17(12-16-8-4-3-5-9-16)14-19(23)20(15-18)27-21-10-6-7-11-26-21/h3-5,8-9,17-21H,2,6-7,10-15H2,1H3. The molecule has 0 saturated carbocycles. The van der Waals surface area contributed by atoms with Crippen molar-refractivity contribution in [3.05, 3.63) is 35.9 Å². The van der Waals surface area contributed by atoms with E-state index < -0.39 is 0 Å². The zero-order chi connectivity index (χ0) is 18.6. The Bertz CT molecular complexity index is 616. The van der Waals surface area contributed by atoms with Gasteiger partial charge in [-0.05, 0) is 63.4 Å². The van der Waals surface area contributed by atoms with E-state index in [-0.39, 0.29) is 30.6 Å². The number of nitrogens with zero attached hydrogens (tertiary/aromatic N) is 1. The molecule has 2 bridgehead atoms. The molecule has 5 nitrogen and oxygen atoms in total. The van der Waals surface area contributed by atoms with Crippen molar-refractivity contribution < 1.29 is 19.0 Å². The van der Waals surface area contributed by atoms with Crippen LogP contribution in [0.3, 0.4) is 0 Å². The van der Waals surface area contributed by atoms with Gasteiger partial charge in [-0.3, -0.25) is 4.90 Å². The molecule has 3 fully saturated rings. The van der Waals surface area contributed by atoms with Gasteiger partial charge in [-0.15, -0.1) is 0 Å². The SMILES string of the molecule is CCOC(=O)N1C2CC(Cc3ccccc3)CC1C(OC1CCCCO1)C2. The highest BCUT2D eigenvalue weighted by molar-refractivity contribution is 5.69. The van der Waals surface area contributed by atoms with Crippen molar-refractivity contribution in [1.29, 1.82) is 0 Å². The van der Waals surface area contributed by atoms with Gasteiger partial charge in [0.2, 0.25) is 0 Å². The van der Waals surface area contributed by atoms with Gasteiger partial charge in [-0.1, -0.05) is 30.3 Å². The molecule has 1 aromatic rings. The number of amides is 1. The third kappa shape index (κ3) is 4.30. The van der Waals surface area contributed by atoms with Gasteiger partial charge in [-0.2, -0.15) is 0 Å². The van der Waals surface area contributed by atoms with E-state index in [9.17, 15) is 4.79 Å². The lowest BCUT2D eigenvalue weighted by Gasteiger charge is -2.39. The predicted octanol–water partition coefficient (Wildman–Crippen LogP) is 4.15. The predicted molar refractivity (Wildman–Crippen MR) is 102 cm³/mol. The minimum Gasteiger partial charge on any atom is -0.450 e. The van der Waals surface area contributed by atoms with Gasteiger partial charge in [0.1, 0.15) is 0 Å². The van der Waals surface area contributed by atoms with Gasteiger partial charge >= 0.3 is 6.09 Å². The van der Waals surface area contributed by atoms with Crippen molar-refractivity contribution >= 4 is 6.09 Å². The topological polar surface area (TPSA) is 48.0 Å². The Kier molecular flexibility index (Phi) is 5.98. The zero-order valence-electron chi connectivity index (χ0n) is 16.2. The molecule has 5 heteroatoms. The zero-order valence-corrected chi connectivity index (χ0v) is 16.2. The van der Waals surface area contributed by atoms with Crippen LogP contribution in [0.15, 0.2) is 30.3 Å². The number of hydrogen-bond donors (Lipinski definition) is 0. The van der Waals surface area contributed by atoms with Crippen LogP contribution in [-0.4, -0.2) is 48.7 Å². The molecule has 1 aromatic carbocycles. The lowest BCUT2D eigenvalue weighted by atomic mass is 9.86. The summed E-state index contributed by atoms with van der Waals surface area (Å²) in [4.78, 5) is 14.5. The Hall–Kier alpha value is -1.59. The fraction of sp³-hybridized carbons (Fsp3) is 0.682. The summed E-state index contributed by atoms with van der Waals surface area (Å²) < 4.78 is 17.5. The summed E-state index contributed by atoms with van der Waals surface area (Å²) in [5.41, 5.74) is 1.37. The maximum Gasteiger partial charge on any atom is 0.410 e. The number of piperidine rings is 1. The molecule has 0 radical (unpaired) electrons. The molecule has 5 atom stereocenters. The van der Waals surface area contributed by atoms with Crippen LogP contribution in [-0.2, 0) is 20.6 Å². The highest BCUT2D eigenvalue weighted by atomic mass is 16.7. The average Bonchev–Trinajstić information content (AvgIpc) is 2.90. The van der Waals surface area contributed by atoms with E-state index in [2.05, 4.69) is 30.3 Å². The summed E-state index contributed by atoms with van der Waals surface area (Å²) in [5, 5.41) is 0. The average molecular weight is 373 g/mol. The molecule has 0 aliphatic carbocycles. The Balaban J connectivity index is 1.45. The minimum atomic E-state index is -0.179. The number of ether oxygens (including phenoxy) is 3. The molecule has 3 aliphatic rings. The molecular weight excluding hydrogens is 342 g/mol. The summed E-state index contributed by atoms with van der Waals surface area (Å²) in [7, 11) is 0. The lowest BCUT2D eigenvalue weighted by Crippen LogP contribution is -2.49. The van der Waals surface area contributed by atoms with Crippen LogP contribution >= 0.6 is 0 Å². The van der Waals surface area contributed by atoms with Crippen molar-refractivity contribution in [3.8, 4) is 0 Å². The van der Waals surface area contributed by atoms with Gasteiger partial charge in [0, 0.05) is 12.6 Å². The fourth-order valence-corrected chi connectivity index (χ4v) is 5.04. The maximum absolute atomic E-state index is 12.6. The van der Waals surface area contributed by atoms with E-state index >= 15 is 0 Å². The number of rotatable bonds is 5. The van der Waals surface area contributed by atoms with Crippen molar-refractivity contribution in [3.63, 3.8) is 0 Å². The van der Waals surface area contributed by atoms with Gasteiger partial charge in [0.15, 0.2) is 6.29 Å². The molecule has 27 heavy (non-hydrogen) atoms. The first-order chi connectivity index (χ1) is 13.2. The maximum atomic E-state index is 12.6. The number of carbonyl (C=O) groups is 1. The van der Waals surface area contributed by atoms with E-state index in [0.29, 0.717) is 12.5 Å². The van der Waals surface area contributed by atoms with Gasteiger partial charge in [0.05, 0.1) is 18.8 Å². The number of fused-ring (bicyclic) bond motifs is 2. The third-order valence-corrected chi connectivity index (χ3v) is 6.17. The lowest BCUT2D eigenvalue weighted by molar-refractivity contribution is -0.192. The molecule has 0 N–H and O–H groups in total. The molecule has 148 valence electrons. The summed E-state index contributed by atoms with van der Waals surface area (Å²) in [6, 6.07) is 11.0. The van der Waals surface area contributed by atoms with Crippen molar-refractivity contribution in [2.45, 2.75) is 76.3 Å². The molecule has 3 aliphatic heterocycles. The van der Waals surface area contributed by atoms with Crippen LogP contribution in [0.2, 0.25) is 0 Å². The Labute approximate surface area is 162 Å². The summed E-state index contributed by atoms with van der Waals surface area (Å²) in [6.07, 6.45) is 6.96. The second-order valence-corrected chi connectivity index (χ2v) is 8.06. The molecule has 0 spiro atoms. The normalized spacial score (nSPS) is 33.1. The van der Waals surface area contributed by atoms with Crippen molar-refractivity contribution in [2.75, 3.05) is 13.2 Å². The van der Waals surface area contributed by atoms with Gasteiger partial charge < -0.3 is 14.2 Å². The Morgan fingerprint density at radius 2 is 2.04 bits per heavy atom. The van der Waals surface area contributed by atoms with Gasteiger partial charge in [0.25, 0.3) is 0 Å². The second kappa shape index (κ2) is 8.61.